The zero-order valence-electron chi connectivity index (χ0n) is 19.9. The van der Waals surface area contributed by atoms with Crippen LogP contribution in [0, 0.1) is 11.3 Å². The summed E-state index contributed by atoms with van der Waals surface area (Å²) in [5, 5.41) is 33.2. The lowest BCUT2D eigenvalue weighted by atomic mass is 9.97. The van der Waals surface area contributed by atoms with E-state index in [1.807, 2.05) is 0 Å². The van der Waals surface area contributed by atoms with Gasteiger partial charge in [0.2, 0.25) is 11.7 Å². The number of aromatic nitrogens is 2. The largest absolute Gasteiger partial charge is 0.507 e. The van der Waals surface area contributed by atoms with Gasteiger partial charge >= 0.3 is 0 Å². The van der Waals surface area contributed by atoms with E-state index in [9.17, 15) is 20.0 Å². The highest BCUT2D eigenvalue weighted by atomic mass is 35.5. The Morgan fingerprint density at radius 2 is 2.00 bits per heavy atom. The van der Waals surface area contributed by atoms with Crippen LogP contribution >= 0.6 is 11.6 Å². The van der Waals surface area contributed by atoms with Crippen LogP contribution < -0.4 is 16.0 Å². The van der Waals surface area contributed by atoms with E-state index in [0.717, 1.165) is 19.4 Å². The van der Waals surface area contributed by atoms with Crippen molar-refractivity contribution in [2.75, 3.05) is 17.2 Å². The van der Waals surface area contributed by atoms with Gasteiger partial charge in [-0.2, -0.15) is 5.26 Å². The highest BCUT2D eigenvalue weighted by Gasteiger charge is 2.23. The molecule has 5 rings (SSSR count). The number of carbonyl (C=O) groups excluding carboxylic acids is 2. The minimum Gasteiger partial charge on any atom is -0.507 e. The lowest BCUT2D eigenvalue weighted by molar-refractivity contribution is -0.117. The molecule has 190 valence electrons. The number of hydrogen-bond acceptors (Lipinski definition) is 8. The maximum atomic E-state index is 12.7. The number of anilines is 2. The molecular formula is C27H21ClN6O4. The second-order valence-corrected chi connectivity index (χ2v) is 9.04. The molecule has 0 saturated carbocycles. The van der Waals surface area contributed by atoms with Crippen molar-refractivity contribution >= 4 is 34.9 Å². The van der Waals surface area contributed by atoms with Gasteiger partial charge in [0.25, 0.3) is 5.91 Å². The first-order valence-corrected chi connectivity index (χ1v) is 12.1. The third kappa shape index (κ3) is 5.20. The van der Waals surface area contributed by atoms with Crippen molar-refractivity contribution in [1.82, 2.24) is 15.5 Å². The van der Waals surface area contributed by atoms with Gasteiger partial charge in [-0.1, -0.05) is 28.9 Å². The Kier molecular flexibility index (Phi) is 7.04. The van der Waals surface area contributed by atoms with Crippen molar-refractivity contribution in [3.63, 3.8) is 0 Å². The van der Waals surface area contributed by atoms with Crippen LogP contribution in [0.25, 0.3) is 22.4 Å². The Morgan fingerprint density at radius 3 is 2.71 bits per heavy atom. The van der Waals surface area contributed by atoms with E-state index >= 15 is 0 Å². The number of nitrogens with zero attached hydrogens (tertiary/aromatic N) is 3. The Hall–Kier alpha value is -4.72. The summed E-state index contributed by atoms with van der Waals surface area (Å²) >= 11 is 6.01. The second kappa shape index (κ2) is 10.7. The Morgan fingerprint density at radius 1 is 1.13 bits per heavy atom. The van der Waals surface area contributed by atoms with Crippen molar-refractivity contribution in [3.8, 4) is 34.2 Å². The number of amides is 2. The molecular weight excluding hydrogens is 508 g/mol. The molecule has 0 bridgehead atoms. The number of halogens is 1. The van der Waals surface area contributed by atoms with Gasteiger partial charge in [0, 0.05) is 27.9 Å². The molecule has 4 aromatic rings. The molecule has 2 amide bonds. The van der Waals surface area contributed by atoms with Gasteiger partial charge in [0.1, 0.15) is 17.4 Å². The first kappa shape index (κ1) is 25.0. The molecule has 2 aromatic carbocycles. The van der Waals surface area contributed by atoms with Crippen LogP contribution in [0.4, 0.5) is 11.5 Å². The van der Waals surface area contributed by atoms with Gasteiger partial charge in [-0.05, 0) is 61.3 Å². The van der Waals surface area contributed by atoms with Gasteiger partial charge in [-0.3, -0.25) is 9.59 Å². The molecule has 1 unspecified atom stereocenters. The van der Waals surface area contributed by atoms with Crippen LogP contribution in [0.15, 0.2) is 65.3 Å². The molecule has 38 heavy (non-hydrogen) atoms. The molecule has 11 heteroatoms. The fourth-order valence-corrected chi connectivity index (χ4v) is 4.41. The van der Waals surface area contributed by atoms with Crippen molar-refractivity contribution in [2.24, 2.45) is 0 Å². The molecule has 1 atom stereocenters. The molecule has 3 heterocycles. The normalized spacial score (nSPS) is 14.6. The van der Waals surface area contributed by atoms with E-state index in [-0.39, 0.29) is 40.5 Å². The molecule has 4 N–H and O–H groups in total. The third-order valence-corrected chi connectivity index (χ3v) is 6.31. The van der Waals surface area contributed by atoms with Crippen molar-refractivity contribution in [1.29, 1.82) is 5.26 Å². The van der Waals surface area contributed by atoms with Crippen molar-refractivity contribution in [3.05, 3.63) is 77.1 Å². The zero-order chi connectivity index (χ0) is 26.6. The average molecular weight is 529 g/mol. The smallest absolute Gasteiger partial charge is 0.295 e. The Labute approximate surface area is 222 Å². The summed E-state index contributed by atoms with van der Waals surface area (Å²) in [6.45, 7) is 0.795. The minimum atomic E-state index is -0.653. The number of rotatable bonds is 6. The van der Waals surface area contributed by atoms with Gasteiger partial charge in [0.15, 0.2) is 5.82 Å². The van der Waals surface area contributed by atoms with Gasteiger partial charge < -0.3 is 25.6 Å². The van der Waals surface area contributed by atoms with E-state index in [4.69, 9.17) is 16.1 Å². The Bertz CT molecular complexity index is 1560. The first-order valence-electron chi connectivity index (χ1n) is 11.7. The third-order valence-electron chi connectivity index (χ3n) is 6.08. The van der Waals surface area contributed by atoms with Crippen LogP contribution in [-0.2, 0) is 4.79 Å². The lowest BCUT2D eigenvalue weighted by Gasteiger charge is -2.15. The highest BCUT2D eigenvalue weighted by molar-refractivity contribution is 6.30. The van der Waals surface area contributed by atoms with Crippen molar-refractivity contribution in [2.45, 2.75) is 18.9 Å². The van der Waals surface area contributed by atoms with E-state index < -0.39 is 5.91 Å². The van der Waals surface area contributed by atoms with Crippen LogP contribution in [0.1, 0.15) is 29.0 Å². The fourth-order valence-electron chi connectivity index (χ4n) is 4.24. The number of phenols is 1. The van der Waals surface area contributed by atoms with E-state index in [1.165, 1.54) is 18.3 Å². The second-order valence-electron chi connectivity index (χ2n) is 8.60. The molecule has 0 aliphatic carbocycles. The lowest BCUT2D eigenvalue weighted by Crippen LogP contribution is -2.35. The molecule has 2 aromatic heterocycles. The van der Waals surface area contributed by atoms with Gasteiger partial charge in [0.05, 0.1) is 17.9 Å². The van der Waals surface area contributed by atoms with Crippen LogP contribution in [0.2, 0.25) is 5.02 Å². The summed E-state index contributed by atoms with van der Waals surface area (Å²) in [6, 6.07) is 16.4. The number of carbonyl (C=O) groups is 2. The van der Waals surface area contributed by atoms with Gasteiger partial charge in [-0.15, -0.1) is 0 Å². The number of hydrogen-bond donors (Lipinski definition) is 4. The monoisotopic (exact) mass is 528 g/mol. The summed E-state index contributed by atoms with van der Waals surface area (Å²) in [7, 11) is 0. The summed E-state index contributed by atoms with van der Waals surface area (Å²) in [4.78, 5) is 29.8. The predicted molar refractivity (Wildman–Crippen MR) is 141 cm³/mol. The molecule has 0 spiro atoms. The molecule has 1 saturated heterocycles. The maximum absolute atomic E-state index is 12.7. The SMILES string of the molecule is N#Cc1c(-c2cccc(NC(=O)C3CCCN3)c2)cc(-c2ccc(Cl)cc2O)nc1NC(=O)c1ccno1. The fraction of sp³-hybridized carbons (Fsp3) is 0.148. The molecule has 0 radical (unpaired) electrons. The van der Waals surface area contributed by atoms with Crippen LogP contribution in [0.5, 0.6) is 5.75 Å². The van der Waals surface area contributed by atoms with Crippen molar-refractivity contribution < 1.29 is 19.2 Å². The number of phenolic OH excluding ortho intramolecular Hbond substituents is 1. The first-order chi connectivity index (χ1) is 18.4. The standard InChI is InChI=1S/C27H21ClN6O4/c28-16-6-7-18(23(35)12-16)22-13-19(20(14-29)25(33-22)34-27(37)24-8-10-31-38-24)15-3-1-4-17(11-15)32-26(36)21-5-2-9-30-21/h1,3-4,6-8,10-13,21,30,35H,2,5,9H2,(H,32,36)(H,33,34,37). The van der Waals surface area contributed by atoms with E-state index in [2.05, 4.69) is 32.2 Å². The molecule has 10 nitrogen and oxygen atoms in total. The number of nitriles is 1. The quantitative estimate of drug-likeness (QED) is 0.283. The summed E-state index contributed by atoms with van der Waals surface area (Å²) in [5.74, 6) is -1.03. The minimum absolute atomic E-state index is 0.0413. The number of pyridine rings is 1. The van der Waals surface area contributed by atoms with Gasteiger partial charge in [-0.25, -0.2) is 4.98 Å². The highest BCUT2D eigenvalue weighted by Crippen LogP contribution is 2.37. The van der Waals surface area contributed by atoms with Crippen LogP contribution in [-0.4, -0.2) is 39.6 Å². The molecule has 1 aliphatic heterocycles. The molecule has 1 fully saturated rings. The molecule has 1 aliphatic rings. The zero-order valence-corrected chi connectivity index (χ0v) is 20.6. The number of benzene rings is 2. The Balaban J connectivity index is 1.60. The van der Waals surface area contributed by atoms with E-state index in [1.54, 1.807) is 42.5 Å². The summed E-state index contributed by atoms with van der Waals surface area (Å²) < 4.78 is 4.93. The predicted octanol–water partition coefficient (Wildman–Crippen LogP) is 4.58. The average Bonchev–Trinajstić information content (AvgIpc) is 3.64. The summed E-state index contributed by atoms with van der Waals surface area (Å²) in [5.41, 5.74) is 2.26. The summed E-state index contributed by atoms with van der Waals surface area (Å²) in [6.07, 6.45) is 3.02. The number of aromatic hydroxyl groups is 1. The van der Waals surface area contributed by atoms with Crippen LogP contribution in [0.3, 0.4) is 0 Å². The number of nitrogens with one attached hydrogen (secondary N) is 3. The maximum Gasteiger partial charge on any atom is 0.295 e. The topological polar surface area (TPSA) is 153 Å². The van der Waals surface area contributed by atoms with E-state index in [0.29, 0.717) is 27.4 Å².